The van der Waals surface area contributed by atoms with E-state index < -0.39 is 14.9 Å². The van der Waals surface area contributed by atoms with Gasteiger partial charge in [0.15, 0.2) is 0 Å². The van der Waals surface area contributed by atoms with Crippen LogP contribution in [0.25, 0.3) is 0 Å². The van der Waals surface area contributed by atoms with Crippen LogP contribution in [-0.4, -0.2) is 34.2 Å². The molecule has 1 rings (SSSR count). The van der Waals surface area contributed by atoms with Crippen molar-refractivity contribution in [1.29, 1.82) is 0 Å². The summed E-state index contributed by atoms with van der Waals surface area (Å²) in [6.45, 7) is 2.04. The Kier molecular flexibility index (Phi) is 5.21. The van der Waals surface area contributed by atoms with E-state index in [4.69, 9.17) is 13.6 Å². The molecular formula is C11H20O4Si. The number of aliphatic hydroxyl groups excluding tert-OH is 1. The maximum atomic E-state index is 9.52. The van der Waals surface area contributed by atoms with Crippen LogP contribution in [0.15, 0.2) is 24.0 Å². The summed E-state index contributed by atoms with van der Waals surface area (Å²) in [6.07, 6.45) is 6.14. The van der Waals surface area contributed by atoms with Crippen molar-refractivity contribution in [2.45, 2.75) is 31.7 Å². The van der Waals surface area contributed by atoms with Gasteiger partial charge in [0.1, 0.15) is 0 Å². The minimum absolute atomic E-state index is 0.789. The van der Waals surface area contributed by atoms with Crippen molar-refractivity contribution in [2.75, 3.05) is 14.2 Å². The minimum atomic E-state index is -1.97. The lowest BCUT2D eigenvalue weighted by molar-refractivity contribution is -0.0255. The Hall–Kier alpha value is -0.623. The van der Waals surface area contributed by atoms with E-state index in [1.165, 1.54) is 6.26 Å². The molecule has 0 aromatic heterocycles. The maximum Gasteiger partial charge on any atom is 0.334 e. The monoisotopic (exact) mass is 244 g/mol. The third-order valence-corrected chi connectivity index (χ3v) is 5.86. The van der Waals surface area contributed by atoms with Crippen LogP contribution in [0.4, 0.5) is 0 Å². The highest BCUT2D eigenvalue weighted by molar-refractivity contribution is 6.65. The summed E-state index contributed by atoms with van der Waals surface area (Å²) < 4.78 is 15.8. The van der Waals surface area contributed by atoms with Gasteiger partial charge in [0.05, 0.1) is 6.26 Å². The van der Waals surface area contributed by atoms with Crippen LogP contribution >= 0.6 is 0 Å². The molecule has 5 heteroatoms. The van der Waals surface area contributed by atoms with E-state index in [9.17, 15) is 5.11 Å². The number of allylic oxidation sites excluding steroid dienone is 2. The Balaban J connectivity index is 2.35. The van der Waals surface area contributed by atoms with Crippen molar-refractivity contribution in [2.24, 2.45) is 0 Å². The van der Waals surface area contributed by atoms with Gasteiger partial charge in [-0.15, -0.1) is 0 Å². The zero-order valence-electron chi connectivity index (χ0n) is 10.1. The summed E-state index contributed by atoms with van der Waals surface area (Å²) in [4.78, 5) is 0. The largest absolute Gasteiger partial charge is 0.469 e. The summed E-state index contributed by atoms with van der Waals surface area (Å²) in [5.74, 6) is 0. The predicted octanol–water partition coefficient (Wildman–Crippen LogP) is 1.92. The lowest BCUT2D eigenvalue weighted by Gasteiger charge is -2.23. The molecule has 0 aliphatic carbocycles. The molecule has 1 unspecified atom stereocenters. The first kappa shape index (κ1) is 13.4. The van der Waals surface area contributed by atoms with Crippen LogP contribution in [0.2, 0.25) is 12.6 Å². The fourth-order valence-corrected chi connectivity index (χ4v) is 2.95. The molecule has 1 atom stereocenters. The lowest BCUT2D eigenvalue weighted by Crippen LogP contribution is -2.35. The van der Waals surface area contributed by atoms with Crippen LogP contribution < -0.4 is 0 Å². The van der Waals surface area contributed by atoms with Crippen molar-refractivity contribution in [3.05, 3.63) is 24.0 Å². The Bertz CT molecular complexity index is 271. The van der Waals surface area contributed by atoms with Crippen molar-refractivity contribution < 1.29 is 18.7 Å². The van der Waals surface area contributed by atoms with Crippen LogP contribution in [0.1, 0.15) is 12.8 Å². The Morgan fingerprint density at radius 2 is 2.12 bits per heavy atom. The molecule has 0 amide bonds. The van der Waals surface area contributed by atoms with Gasteiger partial charge >= 0.3 is 8.56 Å². The summed E-state index contributed by atoms with van der Waals surface area (Å²) >= 11 is 0. The number of rotatable bonds is 6. The van der Waals surface area contributed by atoms with E-state index in [0.717, 1.165) is 24.5 Å². The molecule has 0 saturated heterocycles. The third-order valence-electron chi connectivity index (χ3n) is 2.87. The molecule has 16 heavy (non-hydrogen) atoms. The second kappa shape index (κ2) is 6.20. The molecular weight excluding hydrogens is 224 g/mol. The number of hydrogen-bond acceptors (Lipinski definition) is 4. The topological polar surface area (TPSA) is 47.9 Å². The Morgan fingerprint density at radius 3 is 2.69 bits per heavy atom. The molecule has 0 bridgehead atoms. The highest BCUT2D eigenvalue weighted by atomic mass is 28.4. The first-order valence-electron chi connectivity index (χ1n) is 5.41. The highest BCUT2D eigenvalue weighted by Crippen LogP contribution is 2.21. The molecule has 1 aliphatic heterocycles. The molecule has 0 fully saturated rings. The van der Waals surface area contributed by atoms with Gasteiger partial charge in [0, 0.05) is 14.2 Å². The molecule has 1 heterocycles. The van der Waals surface area contributed by atoms with E-state index in [1.807, 2.05) is 12.6 Å². The molecule has 1 N–H and O–H groups in total. The highest BCUT2D eigenvalue weighted by Gasteiger charge is 2.28. The molecule has 4 nitrogen and oxygen atoms in total. The summed E-state index contributed by atoms with van der Waals surface area (Å²) in [6, 6.07) is 0.910. The van der Waals surface area contributed by atoms with Crippen molar-refractivity contribution >= 4 is 8.56 Å². The van der Waals surface area contributed by atoms with Gasteiger partial charge in [0.2, 0.25) is 6.29 Å². The summed E-state index contributed by atoms with van der Waals surface area (Å²) in [5.41, 5.74) is 0.908. The fourth-order valence-electron chi connectivity index (χ4n) is 1.56. The lowest BCUT2D eigenvalue weighted by atomic mass is 10.1. The zero-order chi connectivity index (χ0) is 12.0. The van der Waals surface area contributed by atoms with E-state index in [0.29, 0.717) is 0 Å². The quantitative estimate of drug-likeness (QED) is 0.725. The fraction of sp³-hybridized carbons (Fsp3) is 0.636. The van der Waals surface area contributed by atoms with Gasteiger partial charge in [-0.25, -0.2) is 0 Å². The molecule has 0 spiro atoms. The molecule has 1 aliphatic rings. The number of aliphatic hydroxyl groups is 1. The molecule has 0 aromatic carbocycles. The van der Waals surface area contributed by atoms with Crippen molar-refractivity contribution in [3.63, 3.8) is 0 Å². The van der Waals surface area contributed by atoms with Gasteiger partial charge in [-0.2, -0.15) is 0 Å². The van der Waals surface area contributed by atoms with Gasteiger partial charge in [-0.3, -0.25) is 0 Å². The summed E-state index contributed by atoms with van der Waals surface area (Å²) in [5, 5.41) is 9.52. The Morgan fingerprint density at radius 1 is 1.44 bits per heavy atom. The summed E-state index contributed by atoms with van der Waals surface area (Å²) in [7, 11) is 1.41. The average molecular weight is 244 g/mol. The standard InChI is InChI=1S/C11H20O4Si/c1-13-16(3,14-2)9-5-7-10-6-4-8-15-11(10)12/h4,6,8,11-12H,5,7,9H2,1-3H3. The van der Waals surface area contributed by atoms with E-state index in [2.05, 4.69) is 0 Å². The average Bonchev–Trinajstić information content (AvgIpc) is 2.31. The minimum Gasteiger partial charge on any atom is -0.469 e. The second-order valence-corrected chi connectivity index (χ2v) is 7.54. The molecule has 0 radical (unpaired) electrons. The van der Waals surface area contributed by atoms with Gasteiger partial charge in [-0.1, -0.05) is 6.08 Å². The van der Waals surface area contributed by atoms with Crippen LogP contribution in [0.5, 0.6) is 0 Å². The van der Waals surface area contributed by atoms with Gasteiger partial charge in [-0.05, 0) is 37.1 Å². The van der Waals surface area contributed by atoms with Gasteiger partial charge < -0.3 is 18.7 Å². The first-order chi connectivity index (χ1) is 7.61. The second-order valence-electron chi connectivity index (χ2n) is 3.95. The van der Waals surface area contributed by atoms with Gasteiger partial charge in [0.25, 0.3) is 0 Å². The number of hydrogen-bond donors (Lipinski definition) is 1. The van der Waals surface area contributed by atoms with E-state index >= 15 is 0 Å². The van der Waals surface area contributed by atoms with Crippen LogP contribution in [0.3, 0.4) is 0 Å². The Labute approximate surface area is 97.8 Å². The normalized spacial score (nSPS) is 20.5. The van der Waals surface area contributed by atoms with E-state index in [1.54, 1.807) is 20.3 Å². The van der Waals surface area contributed by atoms with Crippen molar-refractivity contribution in [3.8, 4) is 0 Å². The molecule has 0 aromatic rings. The van der Waals surface area contributed by atoms with Crippen LogP contribution in [-0.2, 0) is 13.6 Å². The zero-order valence-corrected chi connectivity index (χ0v) is 11.1. The SMILES string of the molecule is CO[Si](C)(CCCC1=CC=COC1O)OC. The first-order valence-corrected chi connectivity index (χ1v) is 7.93. The van der Waals surface area contributed by atoms with Crippen molar-refractivity contribution in [1.82, 2.24) is 0 Å². The van der Waals surface area contributed by atoms with Crippen LogP contribution in [0, 0.1) is 0 Å². The molecule has 92 valence electrons. The maximum absolute atomic E-state index is 9.52. The number of ether oxygens (including phenoxy) is 1. The van der Waals surface area contributed by atoms with E-state index in [-0.39, 0.29) is 0 Å². The smallest absolute Gasteiger partial charge is 0.334 e. The third kappa shape index (κ3) is 3.75. The predicted molar refractivity (Wildman–Crippen MR) is 64.0 cm³/mol. The molecule has 0 saturated carbocycles.